The van der Waals surface area contributed by atoms with E-state index >= 15 is 0 Å². The minimum absolute atomic E-state index is 0.215. The van der Waals surface area contributed by atoms with Crippen LogP contribution in [0.4, 0.5) is 4.79 Å². The molecule has 0 aliphatic heterocycles. The molecule has 0 radical (unpaired) electrons. The van der Waals surface area contributed by atoms with Crippen LogP contribution in [-0.4, -0.2) is 43.7 Å². The van der Waals surface area contributed by atoms with Crippen molar-refractivity contribution in [3.8, 4) is 0 Å². The molecule has 0 aromatic heterocycles. The van der Waals surface area contributed by atoms with E-state index in [0.717, 1.165) is 35.2 Å². The Morgan fingerprint density at radius 2 is 1.45 bits per heavy atom. The summed E-state index contributed by atoms with van der Waals surface area (Å²) in [6, 6.07) is 19.6. The summed E-state index contributed by atoms with van der Waals surface area (Å²) in [6.07, 6.45) is 4.67. The van der Waals surface area contributed by atoms with Crippen molar-refractivity contribution in [3.63, 3.8) is 0 Å². The number of nitrogens with one attached hydrogen (secondary N) is 1. The molecular formula is C33H49NO5Si. The molecule has 1 amide bonds. The number of carboxylic acids is 1. The van der Waals surface area contributed by atoms with Gasteiger partial charge in [-0.3, -0.25) is 0 Å². The Hall–Kier alpha value is -2.90. The largest absolute Gasteiger partial charge is 0.480 e. The summed E-state index contributed by atoms with van der Waals surface area (Å²) in [5, 5.41) is 15.0. The Labute approximate surface area is 242 Å². The highest BCUT2D eigenvalue weighted by Gasteiger charge is 2.50. The second-order valence-corrected chi connectivity index (χ2v) is 16.7. The summed E-state index contributed by atoms with van der Waals surface area (Å²) in [5.74, 6) is -1.53. The number of carbonyl (C=O) groups is 2. The fourth-order valence-corrected chi connectivity index (χ4v) is 9.85. The smallest absolute Gasteiger partial charge is 0.408 e. The van der Waals surface area contributed by atoms with Crippen LogP contribution >= 0.6 is 0 Å². The quantitative estimate of drug-likeness (QED) is 0.160. The van der Waals surface area contributed by atoms with Gasteiger partial charge in [0.15, 0.2) is 0 Å². The Kier molecular flexibility index (Phi) is 12.2. The molecule has 40 heavy (non-hydrogen) atoms. The summed E-state index contributed by atoms with van der Waals surface area (Å²) in [6.45, 7) is 16.2. The number of hydrogen-bond acceptors (Lipinski definition) is 4. The van der Waals surface area contributed by atoms with Crippen LogP contribution < -0.4 is 15.7 Å². The lowest BCUT2D eigenvalue weighted by Gasteiger charge is -2.43. The van der Waals surface area contributed by atoms with Gasteiger partial charge in [0.1, 0.15) is 11.6 Å². The number of allylic oxidation sites excluding steroid dienone is 1. The highest BCUT2D eigenvalue weighted by atomic mass is 28.4. The van der Waals surface area contributed by atoms with Crippen LogP contribution in [0, 0.1) is 5.92 Å². The molecule has 6 nitrogen and oxygen atoms in total. The number of ether oxygens (including phenoxy) is 1. The molecule has 2 aromatic carbocycles. The van der Waals surface area contributed by atoms with Crippen LogP contribution in [0.5, 0.6) is 0 Å². The van der Waals surface area contributed by atoms with Gasteiger partial charge in [-0.15, -0.1) is 0 Å². The maximum absolute atomic E-state index is 12.7. The van der Waals surface area contributed by atoms with Crippen LogP contribution in [0.2, 0.25) is 5.04 Å². The van der Waals surface area contributed by atoms with E-state index < -0.39 is 37.9 Å². The van der Waals surface area contributed by atoms with E-state index in [1.54, 1.807) is 20.8 Å². The van der Waals surface area contributed by atoms with Crippen LogP contribution in [0.25, 0.3) is 0 Å². The van der Waals surface area contributed by atoms with Crippen molar-refractivity contribution >= 4 is 30.8 Å². The van der Waals surface area contributed by atoms with E-state index in [4.69, 9.17) is 9.16 Å². The summed E-state index contributed by atoms with van der Waals surface area (Å²) in [7, 11) is -2.84. The first kappa shape index (κ1) is 33.3. The van der Waals surface area contributed by atoms with E-state index in [-0.39, 0.29) is 11.6 Å². The van der Waals surface area contributed by atoms with Crippen molar-refractivity contribution in [2.75, 3.05) is 6.61 Å². The average Bonchev–Trinajstić information content (AvgIpc) is 2.88. The molecule has 2 rings (SSSR count). The van der Waals surface area contributed by atoms with Gasteiger partial charge in [0.05, 0.1) is 6.61 Å². The van der Waals surface area contributed by atoms with E-state index in [9.17, 15) is 14.7 Å². The number of benzene rings is 2. The number of amides is 1. The monoisotopic (exact) mass is 567 g/mol. The van der Waals surface area contributed by atoms with Gasteiger partial charge in [0.25, 0.3) is 8.32 Å². The molecule has 0 saturated heterocycles. The third-order valence-corrected chi connectivity index (χ3v) is 12.2. The molecule has 0 saturated carbocycles. The van der Waals surface area contributed by atoms with Gasteiger partial charge in [0, 0.05) is 5.92 Å². The molecule has 2 atom stereocenters. The van der Waals surface area contributed by atoms with Gasteiger partial charge in [-0.2, -0.15) is 0 Å². The summed E-state index contributed by atoms with van der Waals surface area (Å²) in [4.78, 5) is 25.3. The Morgan fingerprint density at radius 3 is 1.85 bits per heavy atom. The highest BCUT2D eigenvalue weighted by Crippen LogP contribution is 2.37. The molecule has 2 aromatic rings. The molecule has 0 aliphatic carbocycles. The minimum Gasteiger partial charge on any atom is -0.480 e. The first-order valence-electron chi connectivity index (χ1n) is 14.4. The minimum atomic E-state index is -2.84. The predicted octanol–water partition coefficient (Wildman–Crippen LogP) is 6.68. The highest BCUT2D eigenvalue weighted by molar-refractivity contribution is 6.99. The molecule has 220 valence electrons. The van der Waals surface area contributed by atoms with Crippen molar-refractivity contribution in [1.29, 1.82) is 0 Å². The van der Waals surface area contributed by atoms with Gasteiger partial charge < -0.3 is 19.6 Å². The molecule has 0 fully saturated rings. The van der Waals surface area contributed by atoms with Crippen LogP contribution in [-0.2, 0) is 14.0 Å². The normalized spacial score (nSPS) is 14.3. The van der Waals surface area contributed by atoms with Crippen molar-refractivity contribution in [2.45, 2.75) is 97.8 Å². The molecule has 0 bridgehead atoms. The molecule has 0 unspecified atom stereocenters. The van der Waals surface area contributed by atoms with Crippen molar-refractivity contribution in [3.05, 3.63) is 72.3 Å². The molecule has 2 N–H and O–H groups in total. The van der Waals surface area contributed by atoms with E-state index in [1.165, 1.54) is 0 Å². The predicted molar refractivity (Wildman–Crippen MR) is 166 cm³/mol. The lowest BCUT2D eigenvalue weighted by Crippen LogP contribution is -2.66. The van der Waals surface area contributed by atoms with Gasteiger partial charge in [-0.05, 0) is 55.1 Å². The topological polar surface area (TPSA) is 84.9 Å². The lowest BCUT2D eigenvalue weighted by atomic mass is 9.86. The van der Waals surface area contributed by atoms with E-state index in [1.807, 2.05) is 49.4 Å². The standard InChI is InChI=1S/C33H49NO5Si/c1-9-11-14-23-28(29(30(35)36)34-31(37)39-32(3,4)5)25(10-2)24-38-40(33(6,7)8,26-19-15-12-16-20-26)27-21-17-13-18-22-27/h10,12-13,15-22,28-29H,9,11,14,23-24H2,1-8H3,(H,34,37)(H,35,36)/b25-10+/t28-,29+/m1/s1. The van der Waals surface area contributed by atoms with Crippen molar-refractivity contribution in [2.24, 2.45) is 5.92 Å². The van der Waals surface area contributed by atoms with Gasteiger partial charge in [-0.1, -0.05) is 114 Å². The zero-order valence-electron chi connectivity index (χ0n) is 25.6. The number of carboxylic acid groups (broad SMARTS) is 1. The van der Waals surface area contributed by atoms with Gasteiger partial charge >= 0.3 is 12.1 Å². The third kappa shape index (κ3) is 8.80. The summed E-state index contributed by atoms with van der Waals surface area (Å²) in [5.41, 5.74) is 0.133. The number of rotatable bonds is 13. The van der Waals surface area contributed by atoms with Crippen molar-refractivity contribution in [1.82, 2.24) is 5.32 Å². The SMILES string of the molecule is C/C=C(\CO[Si](c1ccccc1)(c1ccccc1)C(C)(C)C)[C@@H](CCCCC)[C@H](NC(=O)OC(C)(C)C)C(=O)O. The molecule has 0 spiro atoms. The molecule has 0 aliphatic rings. The second-order valence-electron chi connectivity index (χ2n) is 12.4. The molecular weight excluding hydrogens is 518 g/mol. The van der Waals surface area contributed by atoms with Crippen LogP contribution in [0.15, 0.2) is 72.3 Å². The lowest BCUT2D eigenvalue weighted by molar-refractivity contribution is -0.140. The number of carbonyl (C=O) groups excluding carboxylic acids is 1. The summed E-state index contributed by atoms with van der Waals surface area (Å²) >= 11 is 0. The number of hydrogen-bond donors (Lipinski definition) is 2. The molecule has 0 heterocycles. The maximum atomic E-state index is 12.7. The Bertz CT molecular complexity index is 1060. The number of unbranched alkanes of at least 4 members (excludes halogenated alkanes) is 2. The fraction of sp³-hybridized carbons (Fsp3) is 0.515. The van der Waals surface area contributed by atoms with Gasteiger partial charge in [0.2, 0.25) is 0 Å². The average molecular weight is 568 g/mol. The first-order chi connectivity index (χ1) is 18.8. The number of aliphatic carboxylic acids is 1. The van der Waals surface area contributed by atoms with Crippen molar-refractivity contribution < 1.29 is 23.9 Å². The Balaban J connectivity index is 2.54. The van der Waals surface area contributed by atoms with Crippen LogP contribution in [0.3, 0.4) is 0 Å². The second kappa shape index (κ2) is 14.6. The third-order valence-electron chi connectivity index (χ3n) is 7.18. The summed E-state index contributed by atoms with van der Waals surface area (Å²) < 4.78 is 12.6. The first-order valence-corrected chi connectivity index (χ1v) is 16.3. The zero-order valence-corrected chi connectivity index (χ0v) is 26.6. The van der Waals surface area contributed by atoms with Crippen LogP contribution in [0.1, 0.15) is 81.1 Å². The van der Waals surface area contributed by atoms with E-state index in [0.29, 0.717) is 6.42 Å². The van der Waals surface area contributed by atoms with E-state index in [2.05, 4.69) is 57.3 Å². The Morgan fingerprint density at radius 1 is 0.925 bits per heavy atom. The zero-order chi connectivity index (χ0) is 30.0. The maximum Gasteiger partial charge on any atom is 0.408 e. The number of alkyl carbamates (subject to hydrolysis) is 1. The fourth-order valence-electron chi connectivity index (χ4n) is 5.31. The van der Waals surface area contributed by atoms with Gasteiger partial charge in [-0.25, -0.2) is 9.59 Å². The molecule has 7 heteroatoms.